The molecule has 0 bridgehead atoms. The smallest absolute Gasteiger partial charge is 0.0452 e. The largest absolute Gasteiger partial charge is 0.142 e. The summed E-state index contributed by atoms with van der Waals surface area (Å²) in [6.45, 7) is 2.15. The molecule has 2 rings (SSSR count). The van der Waals surface area contributed by atoms with Crippen molar-refractivity contribution < 1.29 is 0 Å². The summed E-state index contributed by atoms with van der Waals surface area (Å²) in [6.07, 6.45) is 3.12. The molecule has 0 fully saturated rings. The zero-order valence-corrected chi connectivity index (χ0v) is 10.5. The van der Waals surface area contributed by atoms with E-state index >= 15 is 0 Å². The van der Waals surface area contributed by atoms with Crippen LogP contribution in [0.25, 0.3) is 10.1 Å². The van der Waals surface area contributed by atoms with Gasteiger partial charge in [0.05, 0.1) is 0 Å². The van der Waals surface area contributed by atoms with Gasteiger partial charge in [0.1, 0.15) is 0 Å². The quantitative estimate of drug-likeness (QED) is 0.679. The van der Waals surface area contributed by atoms with Gasteiger partial charge in [0.2, 0.25) is 0 Å². The van der Waals surface area contributed by atoms with Gasteiger partial charge in [-0.25, -0.2) is 0 Å². The highest BCUT2D eigenvalue weighted by molar-refractivity contribution is 7.99. The van der Waals surface area contributed by atoms with E-state index in [1.54, 1.807) is 23.1 Å². The molecule has 2 aromatic rings. The number of hydrogen-bond donors (Lipinski definition) is 0. The van der Waals surface area contributed by atoms with Gasteiger partial charge in [-0.05, 0) is 24.3 Å². The fourth-order valence-corrected chi connectivity index (χ4v) is 3.98. The van der Waals surface area contributed by atoms with Crippen LogP contribution in [0.3, 0.4) is 0 Å². The van der Waals surface area contributed by atoms with Gasteiger partial charge in [-0.3, -0.25) is 0 Å². The highest BCUT2D eigenvalue weighted by Crippen LogP contribution is 2.37. The maximum Gasteiger partial charge on any atom is 0.0452 e. The van der Waals surface area contributed by atoms with E-state index in [1.807, 2.05) is 6.07 Å². The molecule has 14 heavy (non-hydrogen) atoms. The number of aryl methyl sites for hydroxylation is 1. The van der Waals surface area contributed by atoms with Crippen molar-refractivity contribution in [1.82, 2.24) is 0 Å². The standard InChI is InChI=1S/C11H11ClS2/c1-3-7-9(12)5-4-8-10(13-2)6-14-11(7)8/h4-6H,3H2,1-2H3. The van der Waals surface area contributed by atoms with Crippen LogP contribution in [0.5, 0.6) is 0 Å². The van der Waals surface area contributed by atoms with Crippen LogP contribution in [0.2, 0.25) is 5.02 Å². The second-order valence-corrected chi connectivity index (χ2v) is 5.20. The third kappa shape index (κ3) is 1.56. The molecular weight excluding hydrogens is 232 g/mol. The first-order valence-corrected chi connectivity index (χ1v) is 6.98. The summed E-state index contributed by atoms with van der Waals surface area (Å²) in [4.78, 5) is 1.36. The molecule has 1 aromatic carbocycles. The molecule has 0 saturated heterocycles. The fraction of sp³-hybridized carbons (Fsp3) is 0.273. The summed E-state index contributed by atoms with van der Waals surface area (Å²) < 4.78 is 1.35. The first kappa shape index (κ1) is 10.3. The number of thiophene rings is 1. The van der Waals surface area contributed by atoms with E-state index in [-0.39, 0.29) is 0 Å². The maximum atomic E-state index is 6.16. The first-order chi connectivity index (χ1) is 6.77. The maximum absolute atomic E-state index is 6.16. The number of fused-ring (bicyclic) bond motifs is 1. The van der Waals surface area contributed by atoms with Gasteiger partial charge < -0.3 is 0 Å². The van der Waals surface area contributed by atoms with Gasteiger partial charge in [0.25, 0.3) is 0 Å². The van der Waals surface area contributed by atoms with Crippen LogP contribution in [0.4, 0.5) is 0 Å². The van der Waals surface area contributed by atoms with E-state index in [2.05, 4.69) is 24.6 Å². The van der Waals surface area contributed by atoms with Crippen molar-refractivity contribution in [1.29, 1.82) is 0 Å². The molecule has 0 saturated carbocycles. The van der Waals surface area contributed by atoms with Crippen molar-refractivity contribution in [3.63, 3.8) is 0 Å². The van der Waals surface area contributed by atoms with Crippen molar-refractivity contribution in [3.05, 3.63) is 28.1 Å². The molecule has 74 valence electrons. The van der Waals surface area contributed by atoms with Gasteiger partial charge in [0.15, 0.2) is 0 Å². The van der Waals surface area contributed by atoms with Crippen LogP contribution in [-0.4, -0.2) is 6.26 Å². The summed E-state index contributed by atoms with van der Waals surface area (Å²) in [5.74, 6) is 0. The first-order valence-electron chi connectivity index (χ1n) is 4.50. The molecule has 0 aliphatic rings. The average molecular weight is 243 g/mol. The zero-order chi connectivity index (χ0) is 10.1. The molecule has 0 unspecified atom stereocenters. The Kier molecular flexibility index (Phi) is 3.05. The molecule has 0 amide bonds. The molecule has 0 N–H and O–H groups in total. The molecule has 0 spiro atoms. The lowest BCUT2D eigenvalue weighted by Gasteiger charge is -2.02. The highest BCUT2D eigenvalue weighted by atomic mass is 35.5. The van der Waals surface area contributed by atoms with Crippen LogP contribution in [0, 0.1) is 0 Å². The Balaban J connectivity index is 2.76. The number of halogens is 1. The third-order valence-electron chi connectivity index (χ3n) is 2.33. The molecule has 1 heterocycles. The van der Waals surface area contributed by atoms with E-state index < -0.39 is 0 Å². The van der Waals surface area contributed by atoms with E-state index in [9.17, 15) is 0 Å². The predicted octanol–water partition coefficient (Wildman–Crippen LogP) is 4.84. The van der Waals surface area contributed by atoms with Crippen LogP contribution < -0.4 is 0 Å². The Labute approximate surface area is 97.3 Å². The van der Waals surface area contributed by atoms with E-state index in [1.165, 1.54) is 20.5 Å². The topological polar surface area (TPSA) is 0 Å². The van der Waals surface area contributed by atoms with Gasteiger partial charge in [-0.15, -0.1) is 23.1 Å². The van der Waals surface area contributed by atoms with Gasteiger partial charge in [0, 0.05) is 25.4 Å². The van der Waals surface area contributed by atoms with Gasteiger partial charge in [-0.2, -0.15) is 0 Å². The van der Waals surface area contributed by atoms with Crippen molar-refractivity contribution in [2.24, 2.45) is 0 Å². The van der Waals surface area contributed by atoms with E-state index in [4.69, 9.17) is 11.6 Å². The summed E-state index contributed by atoms with van der Waals surface area (Å²) in [5.41, 5.74) is 1.29. The minimum Gasteiger partial charge on any atom is -0.142 e. The number of hydrogen-bond acceptors (Lipinski definition) is 2. The Bertz CT molecular complexity index is 460. The SMILES string of the molecule is CCc1c(Cl)ccc2c(SC)csc12. The predicted molar refractivity (Wildman–Crippen MR) is 68.0 cm³/mol. The Morgan fingerprint density at radius 1 is 1.43 bits per heavy atom. The number of rotatable bonds is 2. The lowest BCUT2D eigenvalue weighted by molar-refractivity contribution is 1.16. The Hall–Kier alpha value is -0.180. The minimum atomic E-state index is 0.898. The molecule has 0 nitrogen and oxygen atoms in total. The Morgan fingerprint density at radius 3 is 2.86 bits per heavy atom. The van der Waals surface area contributed by atoms with Gasteiger partial charge in [-0.1, -0.05) is 24.6 Å². The van der Waals surface area contributed by atoms with Crippen LogP contribution in [0.15, 0.2) is 22.4 Å². The highest BCUT2D eigenvalue weighted by Gasteiger charge is 2.09. The summed E-state index contributed by atoms with van der Waals surface area (Å²) in [7, 11) is 0. The molecule has 0 aliphatic heterocycles. The molecule has 1 aromatic heterocycles. The van der Waals surface area contributed by atoms with Crippen molar-refractivity contribution >= 4 is 44.8 Å². The molecular formula is C11H11ClS2. The number of benzene rings is 1. The van der Waals surface area contributed by atoms with Crippen LogP contribution in [0.1, 0.15) is 12.5 Å². The molecule has 3 heteroatoms. The molecule has 0 radical (unpaired) electrons. The second-order valence-electron chi connectivity index (χ2n) is 3.06. The van der Waals surface area contributed by atoms with E-state index in [0.717, 1.165) is 11.4 Å². The summed E-state index contributed by atoms with van der Waals surface area (Å²) in [6, 6.07) is 4.13. The van der Waals surface area contributed by atoms with Crippen LogP contribution >= 0.6 is 34.7 Å². The lowest BCUT2D eigenvalue weighted by Crippen LogP contribution is -1.82. The van der Waals surface area contributed by atoms with Crippen molar-refractivity contribution in [2.75, 3.05) is 6.26 Å². The normalized spacial score (nSPS) is 11.1. The van der Waals surface area contributed by atoms with Gasteiger partial charge >= 0.3 is 0 Å². The second kappa shape index (κ2) is 4.13. The lowest BCUT2D eigenvalue weighted by atomic mass is 10.1. The van der Waals surface area contributed by atoms with E-state index in [0.29, 0.717) is 0 Å². The molecule has 0 atom stereocenters. The number of thioether (sulfide) groups is 1. The fourth-order valence-electron chi connectivity index (χ4n) is 1.60. The van der Waals surface area contributed by atoms with Crippen LogP contribution in [-0.2, 0) is 6.42 Å². The zero-order valence-electron chi connectivity index (χ0n) is 8.13. The summed E-state index contributed by atoms with van der Waals surface area (Å²) in [5, 5.41) is 4.46. The average Bonchev–Trinajstić information content (AvgIpc) is 2.60. The van der Waals surface area contributed by atoms with Crippen molar-refractivity contribution in [3.8, 4) is 0 Å². The minimum absolute atomic E-state index is 0.898. The molecule has 0 aliphatic carbocycles. The van der Waals surface area contributed by atoms with Crippen molar-refractivity contribution in [2.45, 2.75) is 18.2 Å². The third-order valence-corrected chi connectivity index (χ3v) is 4.66. The summed E-state index contributed by atoms with van der Waals surface area (Å²) >= 11 is 9.75. The monoisotopic (exact) mass is 242 g/mol. The Morgan fingerprint density at radius 2 is 2.21 bits per heavy atom.